The number of nitrogen functional groups attached to an aromatic ring is 1. The molecule has 5 nitrogen and oxygen atoms in total. The van der Waals surface area contributed by atoms with Crippen LogP contribution in [0.25, 0.3) is 0 Å². The van der Waals surface area contributed by atoms with Crippen LogP contribution >= 0.6 is 0 Å². The first kappa shape index (κ1) is 14.3. The topological polar surface area (TPSA) is 92.4 Å². The van der Waals surface area contributed by atoms with Crippen molar-refractivity contribution in [2.75, 3.05) is 18.9 Å². The van der Waals surface area contributed by atoms with Crippen LogP contribution in [0.2, 0.25) is 0 Å². The Morgan fingerprint density at radius 3 is 2.63 bits per heavy atom. The van der Waals surface area contributed by atoms with Crippen molar-refractivity contribution in [3.8, 4) is 0 Å². The summed E-state index contributed by atoms with van der Waals surface area (Å²) in [5.74, 6) is 0.417. The van der Waals surface area contributed by atoms with E-state index in [9.17, 15) is 13.5 Å². The molecule has 0 aromatic heterocycles. The molecule has 1 saturated carbocycles. The van der Waals surface area contributed by atoms with Gasteiger partial charge in [-0.2, -0.15) is 0 Å². The van der Waals surface area contributed by atoms with E-state index >= 15 is 0 Å². The van der Waals surface area contributed by atoms with Crippen molar-refractivity contribution in [2.45, 2.75) is 24.2 Å². The summed E-state index contributed by atoms with van der Waals surface area (Å²) >= 11 is 0. The molecule has 1 aliphatic carbocycles. The predicted octanol–water partition coefficient (Wildman–Crippen LogP) is 0.956. The Kier molecular flexibility index (Phi) is 4.44. The molecule has 0 radical (unpaired) electrons. The van der Waals surface area contributed by atoms with Crippen LogP contribution in [-0.2, 0) is 10.0 Å². The molecule has 0 spiro atoms. The van der Waals surface area contributed by atoms with E-state index in [0.717, 1.165) is 19.3 Å². The van der Waals surface area contributed by atoms with Crippen LogP contribution in [0, 0.1) is 11.8 Å². The van der Waals surface area contributed by atoms with Gasteiger partial charge in [0.1, 0.15) is 4.90 Å². The van der Waals surface area contributed by atoms with Gasteiger partial charge in [-0.15, -0.1) is 0 Å². The smallest absolute Gasteiger partial charge is 0.242 e. The Morgan fingerprint density at radius 2 is 1.95 bits per heavy atom. The summed E-state index contributed by atoms with van der Waals surface area (Å²) in [6.07, 6.45) is 2.97. The van der Waals surface area contributed by atoms with Crippen LogP contribution < -0.4 is 10.5 Å². The number of hydrogen-bond donors (Lipinski definition) is 3. The molecular formula is C13H20N2O3S. The minimum atomic E-state index is -3.57. The van der Waals surface area contributed by atoms with E-state index in [1.165, 1.54) is 6.07 Å². The van der Waals surface area contributed by atoms with Crippen LogP contribution in [0.4, 0.5) is 5.69 Å². The predicted molar refractivity (Wildman–Crippen MR) is 74.0 cm³/mol. The lowest BCUT2D eigenvalue weighted by Crippen LogP contribution is -2.32. The van der Waals surface area contributed by atoms with Gasteiger partial charge in [0.15, 0.2) is 0 Å². The van der Waals surface area contributed by atoms with E-state index in [2.05, 4.69) is 4.72 Å². The lowest BCUT2D eigenvalue weighted by Gasteiger charge is -2.18. The second-order valence-corrected chi connectivity index (χ2v) is 6.76. The van der Waals surface area contributed by atoms with Gasteiger partial charge in [0.2, 0.25) is 10.0 Å². The molecular weight excluding hydrogens is 264 g/mol. The molecule has 0 heterocycles. The number of nitrogens with two attached hydrogens (primary N) is 1. The van der Waals surface area contributed by atoms with Crippen molar-refractivity contribution in [3.63, 3.8) is 0 Å². The summed E-state index contributed by atoms with van der Waals surface area (Å²) in [4.78, 5) is 0.119. The molecule has 0 aliphatic heterocycles. The molecule has 6 heteroatoms. The highest BCUT2D eigenvalue weighted by Gasteiger charge is 2.28. The van der Waals surface area contributed by atoms with Gasteiger partial charge in [-0.1, -0.05) is 18.6 Å². The van der Waals surface area contributed by atoms with Crippen LogP contribution in [-0.4, -0.2) is 26.7 Å². The zero-order chi connectivity index (χ0) is 13.9. The number of rotatable bonds is 5. The van der Waals surface area contributed by atoms with Crippen molar-refractivity contribution >= 4 is 15.7 Å². The second kappa shape index (κ2) is 5.90. The quantitative estimate of drug-likeness (QED) is 0.702. The maximum absolute atomic E-state index is 12.2. The fourth-order valence-corrected chi connectivity index (χ4v) is 3.87. The largest absolute Gasteiger partial charge is 0.398 e. The van der Waals surface area contributed by atoms with Crippen molar-refractivity contribution < 1.29 is 13.5 Å². The number of benzene rings is 1. The van der Waals surface area contributed by atoms with E-state index < -0.39 is 10.0 Å². The number of nitrogens with one attached hydrogen (secondary N) is 1. The van der Waals surface area contributed by atoms with E-state index in [4.69, 9.17) is 5.73 Å². The van der Waals surface area contributed by atoms with Gasteiger partial charge >= 0.3 is 0 Å². The standard InChI is InChI=1S/C13H20N2O3S/c14-12-6-1-2-7-13(12)19(17,18)15-8-10-4-3-5-11(10)9-16/h1-2,6-7,10-11,15-16H,3-5,8-9,14H2. The molecule has 1 fully saturated rings. The van der Waals surface area contributed by atoms with Gasteiger partial charge < -0.3 is 10.8 Å². The fraction of sp³-hybridized carbons (Fsp3) is 0.538. The van der Waals surface area contributed by atoms with Gasteiger partial charge in [0.25, 0.3) is 0 Å². The van der Waals surface area contributed by atoms with E-state index in [-0.39, 0.29) is 29.0 Å². The maximum atomic E-state index is 12.2. The van der Waals surface area contributed by atoms with Crippen LogP contribution in [0.15, 0.2) is 29.2 Å². The first-order valence-electron chi connectivity index (χ1n) is 6.49. The van der Waals surface area contributed by atoms with E-state index in [1.54, 1.807) is 18.2 Å². The van der Waals surface area contributed by atoms with E-state index in [0.29, 0.717) is 6.54 Å². The first-order valence-corrected chi connectivity index (χ1v) is 7.98. The molecule has 2 atom stereocenters. The molecule has 4 N–H and O–H groups in total. The Hall–Kier alpha value is -1.11. The van der Waals surface area contributed by atoms with Crippen molar-refractivity contribution in [1.29, 1.82) is 0 Å². The minimum absolute atomic E-state index is 0.119. The maximum Gasteiger partial charge on any atom is 0.242 e. The molecule has 106 valence electrons. The number of para-hydroxylation sites is 1. The molecule has 2 rings (SSSR count). The van der Waals surface area contributed by atoms with Gasteiger partial charge in [-0.3, -0.25) is 0 Å². The molecule has 1 aromatic carbocycles. The van der Waals surface area contributed by atoms with Gasteiger partial charge in [-0.25, -0.2) is 13.1 Å². The molecule has 0 amide bonds. The molecule has 1 aliphatic rings. The highest BCUT2D eigenvalue weighted by molar-refractivity contribution is 7.89. The Morgan fingerprint density at radius 1 is 1.26 bits per heavy atom. The summed E-state index contributed by atoms with van der Waals surface area (Å²) in [5, 5.41) is 9.23. The van der Waals surface area contributed by atoms with Gasteiger partial charge in [-0.05, 0) is 36.8 Å². The van der Waals surface area contributed by atoms with Gasteiger partial charge in [0.05, 0.1) is 5.69 Å². The summed E-state index contributed by atoms with van der Waals surface area (Å²) < 4.78 is 26.9. The monoisotopic (exact) mass is 284 g/mol. The molecule has 1 aromatic rings. The average Bonchev–Trinajstić information content (AvgIpc) is 2.84. The van der Waals surface area contributed by atoms with Crippen molar-refractivity contribution in [3.05, 3.63) is 24.3 Å². The number of aliphatic hydroxyl groups excluding tert-OH is 1. The third kappa shape index (κ3) is 3.26. The van der Waals surface area contributed by atoms with Crippen molar-refractivity contribution in [1.82, 2.24) is 4.72 Å². The van der Waals surface area contributed by atoms with E-state index in [1.807, 2.05) is 0 Å². The van der Waals surface area contributed by atoms with Crippen LogP contribution in [0.3, 0.4) is 0 Å². The number of aliphatic hydroxyl groups is 1. The zero-order valence-electron chi connectivity index (χ0n) is 10.7. The second-order valence-electron chi connectivity index (χ2n) is 5.02. The van der Waals surface area contributed by atoms with Crippen LogP contribution in [0.1, 0.15) is 19.3 Å². The Balaban J connectivity index is 2.04. The third-order valence-electron chi connectivity index (χ3n) is 3.80. The number of anilines is 1. The fourth-order valence-electron chi connectivity index (χ4n) is 2.64. The Bertz CT molecular complexity index is 530. The third-order valence-corrected chi connectivity index (χ3v) is 5.29. The molecule has 2 unspecified atom stereocenters. The molecule has 19 heavy (non-hydrogen) atoms. The summed E-state index contributed by atoms with van der Waals surface area (Å²) in [5.41, 5.74) is 5.93. The highest BCUT2D eigenvalue weighted by Crippen LogP contribution is 2.31. The summed E-state index contributed by atoms with van der Waals surface area (Å²) in [6, 6.07) is 6.42. The average molecular weight is 284 g/mol. The van der Waals surface area contributed by atoms with Crippen LogP contribution in [0.5, 0.6) is 0 Å². The Labute approximate surface area is 113 Å². The summed E-state index contributed by atoms with van der Waals surface area (Å²) in [6.45, 7) is 0.488. The lowest BCUT2D eigenvalue weighted by atomic mass is 9.97. The normalized spacial score (nSPS) is 23.6. The SMILES string of the molecule is Nc1ccccc1S(=O)(=O)NCC1CCCC1CO. The lowest BCUT2D eigenvalue weighted by molar-refractivity contribution is 0.195. The first-order chi connectivity index (χ1) is 9.04. The number of hydrogen-bond acceptors (Lipinski definition) is 4. The zero-order valence-corrected chi connectivity index (χ0v) is 11.6. The number of sulfonamides is 1. The van der Waals surface area contributed by atoms with Gasteiger partial charge in [0, 0.05) is 13.2 Å². The minimum Gasteiger partial charge on any atom is -0.398 e. The highest BCUT2D eigenvalue weighted by atomic mass is 32.2. The van der Waals surface area contributed by atoms with Crippen molar-refractivity contribution in [2.24, 2.45) is 11.8 Å². The summed E-state index contributed by atoms with van der Waals surface area (Å²) in [7, 11) is -3.57. The molecule has 0 bridgehead atoms. The molecule has 0 saturated heterocycles.